The summed E-state index contributed by atoms with van der Waals surface area (Å²) in [7, 11) is 1.82. The molecule has 1 amide bonds. The van der Waals surface area contributed by atoms with E-state index in [1.165, 1.54) is 18.4 Å². The first kappa shape index (κ1) is 9.85. The zero-order valence-electron chi connectivity index (χ0n) is 9.44. The Morgan fingerprint density at radius 3 is 2.75 bits per heavy atom. The predicted molar refractivity (Wildman–Crippen MR) is 63.4 cm³/mol. The van der Waals surface area contributed by atoms with Gasteiger partial charge in [-0.2, -0.15) is 0 Å². The quantitative estimate of drug-likeness (QED) is 0.712. The van der Waals surface area contributed by atoms with Gasteiger partial charge in [-0.25, -0.2) is 0 Å². The summed E-state index contributed by atoms with van der Waals surface area (Å²) in [6.45, 7) is 0. The maximum atomic E-state index is 12.0. The Kier molecular flexibility index (Phi) is 1.89. The van der Waals surface area contributed by atoms with Crippen molar-refractivity contribution in [3.05, 3.63) is 29.8 Å². The van der Waals surface area contributed by atoms with Crippen molar-refractivity contribution in [2.75, 3.05) is 11.9 Å². The third-order valence-electron chi connectivity index (χ3n) is 3.95. The van der Waals surface area contributed by atoms with Crippen LogP contribution < -0.4 is 10.6 Å². The number of benzene rings is 1. The highest BCUT2D eigenvalue weighted by molar-refractivity contribution is 5.98. The van der Waals surface area contributed by atoms with Crippen LogP contribution in [0.2, 0.25) is 0 Å². The number of para-hydroxylation sites is 1. The number of nitrogens with zero attached hydrogens (tertiary/aromatic N) is 1. The van der Waals surface area contributed by atoms with Crippen molar-refractivity contribution < 1.29 is 4.79 Å². The third-order valence-corrected chi connectivity index (χ3v) is 3.95. The van der Waals surface area contributed by atoms with Crippen molar-refractivity contribution in [3.63, 3.8) is 0 Å². The van der Waals surface area contributed by atoms with Gasteiger partial charge >= 0.3 is 0 Å². The molecule has 1 aliphatic carbocycles. The van der Waals surface area contributed by atoms with Gasteiger partial charge in [-0.1, -0.05) is 18.2 Å². The number of carbonyl (C=O) groups is 1. The first-order valence-electron chi connectivity index (χ1n) is 5.77. The molecule has 3 heteroatoms. The first-order valence-corrected chi connectivity index (χ1v) is 5.77. The van der Waals surface area contributed by atoms with Gasteiger partial charge in [-0.15, -0.1) is 0 Å². The monoisotopic (exact) mass is 216 g/mol. The minimum atomic E-state index is -0.347. The molecule has 0 bridgehead atoms. The zero-order valence-corrected chi connectivity index (χ0v) is 9.44. The van der Waals surface area contributed by atoms with E-state index in [2.05, 4.69) is 6.07 Å². The summed E-state index contributed by atoms with van der Waals surface area (Å²) in [6, 6.07) is 7.85. The van der Waals surface area contributed by atoms with E-state index in [1.807, 2.05) is 25.2 Å². The summed E-state index contributed by atoms with van der Waals surface area (Å²) < 4.78 is 0. The van der Waals surface area contributed by atoms with E-state index >= 15 is 0 Å². The molecule has 3 nitrogen and oxygen atoms in total. The summed E-state index contributed by atoms with van der Waals surface area (Å²) >= 11 is 0. The van der Waals surface area contributed by atoms with E-state index in [4.69, 9.17) is 5.73 Å². The lowest BCUT2D eigenvalue weighted by atomic mass is 9.89. The number of anilines is 1. The molecule has 1 saturated carbocycles. The van der Waals surface area contributed by atoms with Gasteiger partial charge in [0.25, 0.3) is 0 Å². The number of likely N-dealkylation sites (N-methyl/N-ethyl adjacent to an activating group) is 1. The fourth-order valence-electron chi connectivity index (χ4n) is 2.82. The molecule has 1 heterocycles. The molecule has 0 saturated heterocycles. The van der Waals surface area contributed by atoms with Crippen LogP contribution >= 0.6 is 0 Å². The summed E-state index contributed by atoms with van der Waals surface area (Å²) in [5.41, 5.74) is 8.51. The van der Waals surface area contributed by atoms with Crippen LogP contribution in [0.15, 0.2) is 24.3 Å². The first-order chi connectivity index (χ1) is 7.64. The van der Waals surface area contributed by atoms with E-state index in [0.29, 0.717) is 0 Å². The summed E-state index contributed by atoms with van der Waals surface area (Å²) in [5, 5.41) is 0. The van der Waals surface area contributed by atoms with E-state index in [-0.39, 0.29) is 17.4 Å². The van der Waals surface area contributed by atoms with Crippen molar-refractivity contribution in [2.24, 2.45) is 5.73 Å². The van der Waals surface area contributed by atoms with Gasteiger partial charge in [0.05, 0.1) is 6.04 Å². The molecule has 3 rings (SSSR count). The number of hydrogen-bond acceptors (Lipinski definition) is 2. The fraction of sp³-hybridized carbons (Fsp3) is 0.462. The lowest BCUT2D eigenvalue weighted by Gasteiger charge is -2.19. The Hall–Kier alpha value is -1.35. The lowest BCUT2D eigenvalue weighted by Crippen LogP contribution is -2.41. The van der Waals surface area contributed by atoms with Gasteiger partial charge in [0.2, 0.25) is 5.91 Å². The third kappa shape index (κ3) is 1.21. The Labute approximate surface area is 95.2 Å². The highest BCUT2D eigenvalue weighted by Crippen LogP contribution is 2.55. The van der Waals surface area contributed by atoms with Crippen LogP contribution in [-0.2, 0) is 10.2 Å². The van der Waals surface area contributed by atoms with Crippen LogP contribution in [0.5, 0.6) is 0 Å². The maximum absolute atomic E-state index is 12.0. The number of hydrogen-bond donors (Lipinski definition) is 1. The Morgan fingerprint density at radius 2 is 2.06 bits per heavy atom. The van der Waals surface area contributed by atoms with Crippen LogP contribution in [0.25, 0.3) is 0 Å². The van der Waals surface area contributed by atoms with Crippen molar-refractivity contribution in [1.82, 2.24) is 0 Å². The highest BCUT2D eigenvalue weighted by Gasteiger charge is 2.50. The van der Waals surface area contributed by atoms with Gasteiger partial charge in [0.15, 0.2) is 0 Å². The number of fused-ring (bicyclic) bond motifs is 2. The van der Waals surface area contributed by atoms with Crippen molar-refractivity contribution in [1.29, 1.82) is 0 Å². The van der Waals surface area contributed by atoms with E-state index in [0.717, 1.165) is 12.1 Å². The van der Waals surface area contributed by atoms with Crippen LogP contribution in [0, 0.1) is 0 Å². The van der Waals surface area contributed by atoms with Gasteiger partial charge in [0.1, 0.15) is 0 Å². The average Bonchev–Trinajstić information content (AvgIpc) is 3.07. The standard InChI is InChI=1S/C13H16N2O/c1-15-11-5-3-2-4-9(11)13(6-7-13)8-10(14)12(15)16/h2-5,10H,6-8,14H2,1H3/t10-/m1/s1. The SMILES string of the molecule is CN1C(=O)[C@H](N)CC2(CC2)c2ccccc21. The Balaban J connectivity index is 2.17. The van der Waals surface area contributed by atoms with Gasteiger partial charge in [0, 0.05) is 12.7 Å². The second-order valence-electron chi connectivity index (χ2n) is 5.01. The number of rotatable bonds is 0. The largest absolute Gasteiger partial charge is 0.320 e. The molecular weight excluding hydrogens is 200 g/mol. The molecule has 0 unspecified atom stereocenters. The molecule has 1 atom stereocenters. The number of nitrogens with two attached hydrogens (primary N) is 1. The smallest absolute Gasteiger partial charge is 0.243 e. The molecule has 0 radical (unpaired) electrons. The Bertz CT molecular complexity index is 451. The van der Waals surface area contributed by atoms with E-state index in [1.54, 1.807) is 4.90 Å². The minimum absolute atomic E-state index is 0.0382. The molecule has 2 N–H and O–H groups in total. The van der Waals surface area contributed by atoms with Crippen molar-refractivity contribution >= 4 is 11.6 Å². The van der Waals surface area contributed by atoms with Crippen LogP contribution in [0.4, 0.5) is 5.69 Å². The second kappa shape index (κ2) is 3.08. The molecule has 84 valence electrons. The summed E-state index contributed by atoms with van der Waals surface area (Å²) in [4.78, 5) is 13.7. The van der Waals surface area contributed by atoms with E-state index < -0.39 is 0 Å². The van der Waals surface area contributed by atoms with Gasteiger partial charge in [-0.3, -0.25) is 4.79 Å². The maximum Gasteiger partial charge on any atom is 0.243 e. The molecule has 1 aromatic rings. The lowest BCUT2D eigenvalue weighted by molar-refractivity contribution is -0.119. The number of amides is 1. The molecule has 1 fully saturated rings. The van der Waals surface area contributed by atoms with Gasteiger partial charge in [-0.05, 0) is 36.3 Å². The minimum Gasteiger partial charge on any atom is -0.320 e. The number of carbonyl (C=O) groups excluding carboxylic acids is 1. The summed E-state index contributed by atoms with van der Waals surface area (Å²) in [5.74, 6) is 0.0382. The van der Waals surface area contributed by atoms with Crippen molar-refractivity contribution in [3.8, 4) is 0 Å². The topological polar surface area (TPSA) is 46.3 Å². The molecule has 1 aromatic carbocycles. The van der Waals surface area contributed by atoms with Crippen LogP contribution in [-0.4, -0.2) is 19.0 Å². The molecule has 0 aromatic heterocycles. The van der Waals surface area contributed by atoms with Crippen molar-refractivity contribution in [2.45, 2.75) is 30.7 Å². The zero-order chi connectivity index (χ0) is 11.3. The van der Waals surface area contributed by atoms with Crippen LogP contribution in [0.1, 0.15) is 24.8 Å². The Morgan fingerprint density at radius 1 is 1.38 bits per heavy atom. The van der Waals surface area contributed by atoms with E-state index in [9.17, 15) is 4.79 Å². The predicted octanol–water partition coefficient (Wildman–Crippen LogP) is 1.41. The summed E-state index contributed by atoms with van der Waals surface area (Å²) in [6.07, 6.45) is 3.13. The normalized spacial score (nSPS) is 26.5. The highest BCUT2D eigenvalue weighted by atomic mass is 16.2. The second-order valence-corrected chi connectivity index (χ2v) is 5.01. The van der Waals surface area contributed by atoms with Crippen LogP contribution in [0.3, 0.4) is 0 Å². The fourth-order valence-corrected chi connectivity index (χ4v) is 2.82. The molecular formula is C13H16N2O. The molecule has 1 aliphatic heterocycles. The molecule has 2 aliphatic rings. The average molecular weight is 216 g/mol. The van der Waals surface area contributed by atoms with Gasteiger partial charge < -0.3 is 10.6 Å². The molecule has 1 spiro atoms. The molecule has 16 heavy (non-hydrogen) atoms.